The van der Waals surface area contributed by atoms with Crippen molar-refractivity contribution in [2.24, 2.45) is 0 Å². The van der Waals surface area contributed by atoms with Gasteiger partial charge in [-0.15, -0.1) is 0 Å². The molecule has 78 valence electrons. The number of nitrogens with zero attached hydrogens (tertiary/aromatic N) is 3. The van der Waals surface area contributed by atoms with E-state index in [9.17, 15) is 4.79 Å². The second-order valence-corrected chi connectivity index (χ2v) is 2.98. The Kier molecular flexibility index (Phi) is 2.20. The van der Waals surface area contributed by atoms with E-state index in [1.54, 1.807) is 0 Å². The van der Waals surface area contributed by atoms with Gasteiger partial charge in [0.1, 0.15) is 12.1 Å². The second kappa shape index (κ2) is 3.52. The lowest BCUT2D eigenvalue weighted by Gasteiger charge is -2.03. The Bertz CT molecular complexity index is 507. The van der Waals surface area contributed by atoms with Gasteiger partial charge in [-0.25, -0.2) is 4.98 Å². The first kappa shape index (κ1) is 9.38. The maximum atomic E-state index is 10.8. The first-order valence-corrected chi connectivity index (χ1v) is 4.25. The molecule has 0 atom stereocenters. The van der Waals surface area contributed by atoms with Gasteiger partial charge in [0.15, 0.2) is 11.4 Å². The number of nitrogen functional groups attached to an aromatic ring is 1. The summed E-state index contributed by atoms with van der Waals surface area (Å²) in [6.45, 7) is 1.37. The van der Waals surface area contributed by atoms with E-state index in [-0.39, 0.29) is 24.2 Å². The number of hydrogen-bond acceptors (Lipinski definition) is 6. The minimum absolute atomic E-state index is 0.0510. The molecule has 2 heterocycles. The van der Waals surface area contributed by atoms with Crippen LogP contribution in [0.25, 0.3) is 11.2 Å². The summed E-state index contributed by atoms with van der Waals surface area (Å²) in [5.74, 6) is 0.207. The molecule has 0 unspecified atom stereocenters. The minimum atomic E-state index is -0.0974. The number of aromatic nitrogens is 4. The molecular formula is C8H9N5O2. The molecule has 3 N–H and O–H groups in total. The number of hydrogen-bond donors (Lipinski definition) is 2. The van der Waals surface area contributed by atoms with Crippen molar-refractivity contribution >= 4 is 22.9 Å². The lowest BCUT2D eigenvalue weighted by atomic mass is 10.5. The summed E-state index contributed by atoms with van der Waals surface area (Å²) in [5, 5.41) is 0. The topological polar surface area (TPSA) is 107 Å². The van der Waals surface area contributed by atoms with Gasteiger partial charge in [0.2, 0.25) is 11.8 Å². The molecule has 0 amide bonds. The number of nitrogens with one attached hydrogen (secondary N) is 1. The molecule has 15 heavy (non-hydrogen) atoms. The van der Waals surface area contributed by atoms with Crippen LogP contribution >= 0.6 is 0 Å². The molecule has 2 aromatic heterocycles. The average molecular weight is 207 g/mol. The lowest BCUT2D eigenvalue weighted by molar-refractivity contribution is -0.118. The molecule has 0 spiro atoms. The summed E-state index contributed by atoms with van der Waals surface area (Å²) in [5.41, 5.74) is 6.40. The number of anilines is 1. The van der Waals surface area contributed by atoms with Gasteiger partial charge < -0.3 is 15.5 Å². The maximum absolute atomic E-state index is 10.8. The maximum Gasteiger partial charge on any atom is 0.245 e. The number of ketones is 1. The number of H-pyrrole nitrogens is 1. The standard InChI is InChI=1S/C8H9N5O2/c1-4(14)2-15-7-5-6(11-3-10-5)12-8(9)13-7/h3H,2H2,1H3,(H3,9,10,11,12,13). The molecule has 2 aromatic rings. The number of nitrogens with two attached hydrogens (primary N) is 1. The zero-order valence-corrected chi connectivity index (χ0v) is 8.02. The summed E-state index contributed by atoms with van der Waals surface area (Å²) >= 11 is 0. The summed E-state index contributed by atoms with van der Waals surface area (Å²) in [6, 6.07) is 0. The quantitative estimate of drug-likeness (QED) is 0.727. The van der Waals surface area contributed by atoms with Gasteiger partial charge in [0, 0.05) is 0 Å². The van der Waals surface area contributed by atoms with Gasteiger partial charge in [-0.05, 0) is 6.92 Å². The number of imidazole rings is 1. The van der Waals surface area contributed by atoms with E-state index in [1.165, 1.54) is 13.3 Å². The number of ether oxygens (including phenoxy) is 1. The Morgan fingerprint density at radius 1 is 1.60 bits per heavy atom. The van der Waals surface area contributed by atoms with Crippen LogP contribution in [-0.4, -0.2) is 32.3 Å². The van der Waals surface area contributed by atoms with Crippen molar-refractivity contribution in [2.75, 3.05) is 12.3 Å². The second-order valence-electron chi connectivity index (χ2n) is 2.98. The predicted octanol–water partition coefficient (Wildman–Crippen LogP) is -0.0971. The number of aromatic amines is 1. The van der Waals surface area contributed by atoms with Crippen LogP contribution in [0.2, 0.25) is 0 Å². The monoisotopic (exact) mass is 207 g/mol. The molecule has 7 nitrogen and oxygen atoms in total. The van der Waals surface area contributed by atoms with Crippen LogP contribution in [0.5, 0.6) is 5.88 Å². The van der Waals surface area contributed by atoms with Crippen molar-refractivity contribution in [2.45, 2.75) is 6.92 Å². The van der Waals surface area contributed by atoms with Gasteiger partial charge in [-0.1, -0.05) is 0 Å². The van der Waals surface area contributed by atoms with E-state index in [1.807, 2.05) is 0 Å². The van der Waals surface area contributed by atoms with Crippen LogP contribution < -0.4 is 10.5 Å². The highest BCUT2D eigenvalue weighted by molar-refractivity contribution is 5.79. The Morgan fingerprint density at radius 3 is 3.13 bits per heavy atom. The molecule has 0 bridgehead atoms. The SMILES string of the molecule is CC(=O)COc1nc(N)nc2nc[nH]c12. The van der Waals surface area contributed by atoms with Crippen LogP contribution in [0.4, 0.5) is 5.95 Å². The zero-order chi connectivity index (χ0) is 10.8. The highest BCUT2D eigenvalue weighted by Crippen LogP contribution is 2.19. The van der Waals surface area contributed by atoms with Gasteiger partial charge >= 0.3 is 0 Å². The van der Waals surface area contributed by atoms with E-state index in [2.05, 4.69) is 19.9 Å². The number of rotatable bonds is 3. The van der Waals surface area contributed by atoms with E-state index < -0.39 is 0 Å². The molecule has 0 saturated heterocycles. The number of carbonyl (C=O) groups is 1. The number of carbonyl (C=O) groups excluding carboxylic acids is 1. The van der Waals surface area contributed by atoms with E-state index in [0.29, 0.717) is 11.2 Å². The van der Waals surface area contributed by atoms with Crippen LogP contribution in [0.1, 0.15) is 6.92 Å². The molecule has 0 saturated carbocycles. The predicted molar refractivity (Wildman–Crippen MR) is 52.3 cm³/mol. The van der Waals surface area contributed by atoms with E-state index in [4.69, 9.17) is 10.5 Å². The zero-order valence-electron chi connectivity index (χ0n) is 8.02. The Hall–Kier alpha value is -2.18. The van der Waals surface area contributed by atoms with Crippen LogP contribution in [0.15, 0.2) is 6.33 Å². The van der Waals surface area contributed by atoms with Crippen molar-refractivity contribution < 1.29 is 9.53 Å². The Morgan fingerprint density at radius 2 is 2.40 bits per heavy atom. The lowest BCUT2D eigenvalue weighted by Crippen LogP contribution is -2.09. The summed E-state index contributed by atoms with van der Waals surface area (Å²) in [4.78, 5) is 25.2. The molecule has 0 aliphatic rings. The Labute approximate surface area is 84.7 Å². The van der Waals surface area contributed by atoms with Gasteiger partial charge in [-0.3, -0.25) is 4.79 Å². The minimum Gasteiger partial charge on any atom is -0.468 e. The normalized spacial score (nSPS) is 10.5. The molecule has 2 rings (SSSR count). The molecule has 0 fully saturated rings. The van der Waals surface area contributed by atoms with Crippen molar-refractivity contribution in [3.8, 4) is 5.88 Å². The third kappa shape index (κ3) is 1.85. The van der Waals surface area contributed by atoms with Gasteiger partial charge in [-0.2, -0.15) is 9.97 Å². The molecular weight excluding hydrogens is 198 g/mol. The molecule has 7 heteroatoms. The first-order valence-electron chi connectivity index (χ1n) is 4.25. The molecule has 0 aliphatic carbocycles. The summed E-state index contributed by atoms with van der Waals surface area (Å²) in [6.07, 6.45) is 1.46. The van der Waals surface area contributed by atoms with Crippen molar-refractivity contribution in [3.63, 3.8) is 0 Å². The van der Waals surface area contributed by atoms with Gasteiger partial charge in [0.25, 0.3) is 0 Å². The number of Topliss-reactive ketones (excluding diaryl/α,β-unsaturated/α-hetero) is 1. The van der Waals surface area contributed by atoms with E-state index >= 15 is 0 Å². The third-order valence-electron chi connectivity index (χ3n) is 1.68. The fourth-order valence-corrected chi connectivity index (χ4v) is 1.10. The molecule has 0 radical (unpaired) electrons. The third-order valence-corrected chi connectivity index (χ3v) is 1.68. The first-order chi connectivity index (χ1) is 7.16. The average Bonchev–Trinajstić information content (AvgIpc) is 2.61. The Balaban J connectivity index is 2.39. The summed E-state index contributed by atoms with van der Waals surface area (Å²) < 4.78 is 5.17. The van der Waals surface area contributed by atoms with Crippen molar-refractivity contribution in [3.05, 3.63) is 6.33 Å². The van der Waals surface area contributed by atoms with Crippen LogP contribution in [-0.2, 0) is 4.79 Å². The molecule has 0 aromatic carbocycles. The van der Waals surface area contributed by atoms with Crippen LogP contribution in [0.3, 0.4) is 0 Å². The fraction of sp³-hybridized carbons (Fsp3) is 0.250. The highest BCUT2D eigenvalue weighted by atomic mass is 16.5. The smallest absolute Gasteiger partial charge is 0.245 e. The molecule has 0 aliphatic heterocycles. The van der Waals surface area contributed by atoms with E-state index in [0.717, 1.165) is 0 Å². The van der Waals surface area contributed by atoms with Crippen molar-refractivity contribution in [1.82, 2.24) is 19.9 Å². The fourth-order valence-electron chi connectivity index (χ4n) is 1.10. The van der Waals surface area contributed by atoms with Gasteiger partial charge in [0.05, 0.1) is 6.33 Å². The number of fused-ring (bicyclic) bond motifs is 1. The van der Waals surface area contributed by atoms with Crippen molar-refractivity contribution in [1.29, 1.82) is 0 Å². The highest BCUT2D eigenvalue weighted by Gasteiger charge is 2.09. The largest absolute Gasteiger partial charge is 0.468 e. The van der Waals surface area contributed by atoms with Crippen LogP contribution in [0, 0.1) is 0 Å². The summed E-state index contributed by atoms with van der Waals surface area (Å²) in [7, 11) is 0.